The molecule has 0 unspecified atom stereocenters. The van der Waals surface area contributed by atoms with Crippen molar-refractivity contribution < 1.29 is 29.1 Å². The van der Waals surface area contributed by atoms with Gasteiger partial charge in [-0.15, -0.1) is 0 Å². The summed E-state index contributed by atoms with van der Waals surface area (Å²) in [7, 11) is 1.42. The van der Waals surface area contributed by atoms with Gasteiger partial charge < -0.3 is 48.5 Å². The number of carboxylic acids is 1. The molecule has 0 spiro atoms. The third-order valence-electron chi connectivity index (χ3n) is 7.29. The minimum Gasteiger partial charge on any atom is -0.480 e. The molecule has 3 rings (SSSR count). The number of carboxylic acid groups (broad SMARTS) is 1. The van der Waals surface area contributed by atoms with Crippen LogP contribution in [-0.2, 0) is 25.7 Å². The Hall–Kier alpha value is -6.34. The van der Waals surface area contributed by atoms with E-state index < -0.39 is 53.3 Å². The fraction of sp³-hybridized carbons (Fsp3) is 0.400. The average molecular weight is 696 g/mol. The number of nitrogens with two attached hydrogens (primary N) is 2. The van der Waals surface area contributed by atoms with Gasteiger partial charge in [-0.1, -0.05) is 6.92 Å². The van der Waals surface area contributed by atoms with Crippen LogP contribution in [0.3, 0.4) is 0 Å². The van der Waals surface area contributed by atoms with Gasteiger partial charge in [0.1, 0.15) is 18.1 Å². The summed E-state index contributed by atoms with van der Waals surface area (Å²) in [5.41, 5.74) is 11.6. The number of hydrogen-bond donors (Lipinski definition) is 11. The van der Waals surface area contributed by atoms with Gasteiger partial charge in [-0.3, -0.25) is 34.4 Å². The molecule has 2 heterocycles. The summed E-state index contributed by atoms with van der Waals surface area (Å²) >= 11 is 0. The quantitative estimate of drug-likeness (QED) is 0.0400. The second kappa shape index (κ2) is 18.3. The third-order valence-corrected chi connectivity index (χ3v) is 7.29. The molecule has 0 radical (unpaired) electrons. The molecule has 20 heteroatoms. The molecule has 4 amide bonds. The maximum Gasteiger partial charge on any atom is 0.326 e. The smallest absolute Gasteiger partial charge is 0.326 e. The summed E-state index contributed by atoms with van der Waals surface area (Å²) in [5, 5.41) is 32.6. The summed E-state index contributed by atoms with van der Waals surface area (Å²) in [5.74, 6) is -3.98. The zero-order valence-corrected chi connectivity index (χ0v) is 27.5. The van der Waals surface area contributed by atoms with Crippen LogP contribution >= 0.6 is 0 Å². The van der Waals surface area contributed by atoms with Crippen molar-refractivity contribution in [2.24, 2.45) is 5.73 Å². The maximum atomic E-state index is 12.9. The van der Waals surface area contributed by atoms with Gasteiger partial charge in [-0.2, -0.15) is 4.98 Å². The highest BCUT2D eigenvalue weighted by atomic mass is 16.4. The lowest BCUT2D eigenvalue weighted by atomic mass is 10.1. The molecule has 50 heavy (non-hydrogen) atoms. The number of rotatable bonds is 18. The number of aromatic nitrogens is 4. The number of nitrogens with zero attached hydrogens (tertiary/aromatic N) is 3. The molecular formula is C30H41N13O7. The molecule has 0 fully saturated rings. The van der Waals surface area contributed by atoms with E-state index in [2.05, 4.69) is 51.8 Å². The Morgan fingerprint density at radius 1 is 0.980 bits per heavy atom. The van der Waals surface area contributed by atoms with Crippen molar-refractivity contribution in [3.8, 4) is 0 Å². The van der Waals surface area contributed by atoms with E-state index >= 15 is 0 Å². The third kappa shape index (κ3) is 11.4. The first-order valence-corrected chi connectivity index (χ1v) is 15.6. The SMILES string of the molecule is CC[C@H](NC(=O)CC[C@H](NC(=O)c1ccc(NCc2cnc3nc(N)[nH]c(=O)c3n2)cc1)C(=O)O)C(=O)N[C@@H](CCCNC(=N)N)C(=O)NC. The number of nitrogens with one attached hydrogen (secondary N) is 8. The molecule has 268 valence electrons. The zero-order valence-electron chi connectivity index (χ0n) is 27.5. The highest BCUT2D eigenvalue weighted by Gasteiger charge is 2.27. The van der Waals surface area contributed by atoms with Crippen molar-refractivity contribution in [3.63, 3.8) is 0 Å². The Morgan fingerprint density at radius 2 is 1.70 bits per heavy atom. The van der Waals surface area contributed by atoms with Crippen LogP contribution in [0.2, 0.25) is 0 Å². The standard InChI is InChI=1S/C30H41N13O7/c1-3-18(26(47)40-19(25(46)34-2)5-4-12-35-29(31)32)39-21(44)11-10-20(28(49)50)41-24(45)15-6-8-16(9-7-15)36-13-17-14-37-23-22(38-17)27(48)43-30(33)42-23/h6-9,14,18-20,36H,3-5,10-13H2,1-2H3,(H,34,46)(H,39,44)(H,40,47)(H,41,45)(H,49,50)(H4,31,32,35)(H3,33,37,42,43,48)/t18-,19-,20-/m0/s1. The van der Waals surface area contributed by atoms with Gasteiger partial charge in [0, 0.05) is 31.3 Å². The van der Waals surface area contributed by atoms with E-state index in [1.807, 2.05) is 0 Å². The largest absolute Gasteiger partial charge is 0.480 e. The number of amides is 4. The first kappa shape index (κ1) is 38.1. The van der Waals surface area contributed by atoms with Crippen molar-refractivity contribution in [1.82, 2.24) is 46.5 Å². The molecule has 0 aliphatic carbocycles. The Labute approximate surface area is 285 Å². The fourth-order valence-corrected chi connectivity index (χ4v) is 4.63. The summed E-state index contributed by atoms with van der Waals surface area (Å²) in [6, 6.07) is 2.84. The van der Waals surface area contributed by atoms with Gasteiger partial charge in [-0.05, 0) is 49.9 Å². The van der Waals surface area contributed by atoms with E-state index in [1.54, 1.807) is 19.1 Å². The Bertz CT molecular complexity index is 1760. The van der Waals surface area contributed by atoms with Gasteiger partial charge in [0.25, 0.3) is 11.5 Å². The van der Waals surface area contributed by atoms with Crippen LogP contribution in [0.15, 0.2) is 35.3 Å². The number of fused-ring (bicyclic) bond motifs is 1. The van der Waals surface area contributed by atoms with Crippen LogP contribution in [0, 0.1) is 5.41 Å². The summed E-state index contributed by atoms with van der Waals surface area (Å²) in [4.78, 5) is 89.3. The zero-order chi connectivity index (χ0) is 36.8. The minimum atomic E-state index is -1.40. The van der Waals surface area contributed by atoms with E-state index in [0.717, 1.165) is 0 Å². The van der Waals surface area contributed by atoms with Gasteiger partial charge in [0.15, 0.2) is 17.1 Å². The van der Waals surface area contributed by atoms with Crippen LogP contribution in [0.4, 0.5) is 11.6 Å². The fourth-order valence-electron chi connectivity index (χ4n) is 4.63. The molecular weight excluding hydrogens is 654 g/mol. The van der Waals surface area contributed by atoms with E-state index in [9.17, 15) is 33.9 Å². The van der Waals surface area contributed by atoms with E-state index in [0.29, 0.717) is 24.3 Å². The van der Waals surface area contributed by atoms with E-state index in [1.165, 1.54) is 25.4 Å². The van der Waals surface area contributed by atoms with Crippen molar-refractivity contribution >= 4 is 58.4 Å². The van der Waals surface area contributed by atoms with Crippen LogP contribution in [0.25, 0.3) is 11.2 Å². The summed E-state index contributed by atoms with van der Waals surface area (Å²) < 4.78 is 0. The molecule has 20 nitrogen and oxygen atoms in total. The Morgan fingerprint density at radius 3 is 2.34 bits per heavy atom. The van der Waals surface area contributed by atoms with Crippen molar-refractivity contribution in [3.05, 3.63) is 52.1 Å². The van der Waals surface area contributed by atoms with Crippen LogP contribution in [0.1, 0.15) is 55.1 Å². The normalized spacial score (nSPS) is 12.5. The molecule has 3 aromatic rings. The number of guanidine groups is 1. The maximum absolute atomic E-state index is 12.9. The van der Waals surface area contributed by atoms with Crippen molar-refractivity contribution in [2.45, 2.75) is 63.7 Å². The number of carbonyl (C=O) groups is 5. The van der Waals surface area contributed by atoms with Crippen LogP contribution in [-0.4, -0.2) is 92.3 Å². The summed E-state index contributed by atoms with van der Waals surface area (Å²) in [6.45, 7) is 2.17. The van der Waals surface area contributed by atoms with Crippen molar-refractivity contribution in [1.29, 1.82) is 5.41 Å². The number of carbonyl (C=O) groups excluding carboxylic acids is 4. The number of likely N-dealkylation sites (N-methyl/N-ethyl adjacent to an activating group) is 1. The van der Waals surface area contributed by atoms with Gasteiger partial charge >= 0.3 is 5.97 Å². The lowest BCUT2D eigenvalue weighted by molar-refractivity contribution is -0.139. The van der Waals surface area contributed by atoms with Crippen molar-refractivity contribution in [2.75, 3.05) is 24.6 Å². The molecule has 2 aromatic heterocycles. The monoisotopic (exact) mass is 695 g/mol. The topological polar surface area (TPSA) is 325 Å². The number of benzene rings is 1. The molecule has 0 aliphatic heterocycles. The Balaban J connectivity index is 1.50. The number of aromatic amines is 1. The average Bonchev–Trinajstić information content (AvgIpc) is 3.08. The minimum absolute atomic E-state index is 0.0329. The van der Waals surface area contributed by atoms with Gasteiger partial charge in [0.05, 0.1) is 18.4 Å². The first-order chi connectivity index (χ1) is 23.8. The Kier molecular flexibility index (Phi) is 13.9. The van der Waals surface area contributed by atoms with Crippen LogP contribution < -0.4 is 48.9 Å². The highest BCUT2D eigenvalue weighted by molar-refractivity contribution is 5.97. The second-order valence-electron chi connectivity index (χ2n) is 11.0. The predicted octanol–water partition coefficient (Wildman–Crippen LogP) is -1.74. The molecule has 0 bridgehead atoms. The second-order valence-corrected chi connectivity index (χ2v) is 11.0. The van der Waals surface area contributed by atoms with Crippen LogP contribution in [0.5, 0.6) is 0 Å². The lowest BCUT2D eigenvalue weighted by Crippen LogP contribution is -2.53. The lowest BCUT2D eigenvalue weighted by Gasteiger charge is -2.22. The predicted molar refractivity (Wildman–Crippen MR) is 182 cm³/mol. The molecule has 1 aromatic carbocycles. The molecule has 0 saturated carbocycles. The molecule has 13 N–H and O–H groups in total. The number of aliphatic carboxylic acids is 1. The highest BCUT2D eigenvalue weighted by Crippen LogP contribution is 2.12. The summed E-state index contributed by atoms with van der Waals surface area (Å²) in [6.07, 6.45) is 1.73. The molecule has 0 aliphatic rings. The van der Waals surface area contributed by atoms with E-state index in [-0.39, 0.29) is 60.9 Å². The van der Waals surface area contributed by atoms with Gasteiger partial charge in [0.2, 0.25) is 23.7 Å². The number of anilines is 2. The molecule has 3 atom stereocenters. The molecule has 0 saturated heterocycles. The number of H-pyrrole nitrogens is 1. The number of hydrogen-bond acceptors (Lipinski definition) is 12. The van der Waals surface area contributed by atoms with E-state index in [4.69, 9.17) is 16.9 Å². The number of nitrogen functional groups attached to an aromatic ring is 1. The van der Waals surface area contributed by atoms with Gasteiger partial charge in [-0.25, -0.2) is 14.8 Å². The first-order valence-electron chi connectivity index (χ1n) is 15.6.